The Morgan fingerprint density at radius 1 is 0.972 bits per heavy atom. The number of fused-ring (bicyclic) bond motifs is 1. The molecular weight excluding hydrogens is 476 g/mol. The maximum absolute atomic E-state index is 13.0. The fourth-order valence-electron chi connectivity index (χ4n) is 4.43. The molecule has 1 aliphatic rings. The standard InChI is InChI=1S/C28H32N2O5S/c1-20-11-13-24(21(2)18-20)28(22-8-5-4-6-9-22)29-27(31)10-7-15-30(36(3,32)33)23-12-14-25-26(19-23)35-17-16-34-25/h4-6,8-9,11-14,18-19,28H,7,10,15-17H2,1-3H3,(H,29,31)/t28-/m1/s1. The quantitative estimate of drug-likeness (QED) is 0.459. The van der Waals surface area contributed by atoms with Gasteiger partial charge in [0.2, 0.25) is 15.9 Å². The van der Waals surface area contributed by atoms with Crippen LogP contribution < -0.4 is 19.1 Å². The number of anilines is 1. The summed E-state index contributed by atoms with van der Waals surface area (Å²) >= 11 is 0. The topological polar surface area (TPSA) is 84.9 Å². The summed E-state index contributed by atoms with van der Waals surface area (Å²) in [5.74, 6) is 0.972. The lowest BCUT2D eigenvalue weighted by atomic mass is 9.93. The Bertz CT molecular complexity index is 1330. The number of carbonyl (C=O) groups excluding carboxylic acids is 1. The Morgan fingerprint density at radius 3 is 2.39 bits per heavy atom. The number of carbonyl (C=O) groups is 1. The Balaban J connectivity index is 1.46. The average molecular weight is 509 g/mol. The number of benzene rings is 3. The second-order valence-electron chi connectivity index (χ2n) is 9.04. The minimum Gasteiger partial charge on any atom is -0.486 e. The summed E-state index contributed by atoms with van der Waals surface area (Å²) in [4.78, 5) is 13.0. The van der Waals surface area contributed by atoms with Gasteiger partial charge in [-0.2, -0.15) is 0 Å². The number of rotatable bonds is 9. The normalized spacial score (nSPS) is 13.6. The van der Waals surface area contributed by atoms with Crippen LogP contribution in [0.4, 0.5) is 5.69 Å². The molecule has 0 bridgehead atoms. The van der Waals surface area contributed by atoms with E-state index in [0.717, 1.165) is 28.5 Å². The van der Waals surface area contributed by atoms with Gasteiger partial charge in [0.15, 0.2) is 11.5 Å². The molecule has 190 valence electrons. The highest BCUT2D eigenvalue weighted by Crippen LogP contribution is 2.35. The van der Waals surface area contributed by atoms with Gasteiger partial charge in [-0.3, -0.25) is 9.10 Å². The number of sulfonamides is 1. The van der Waals surface area contributed by atoms with Crippen molar-refractivity contribution in [2.45, 2.75) is 32.7 Å². The van der Waals surface area contributed by atoms with E-state index in [1.165, 1.54) is 4.31 Å². The summed E-state index contributed by atoms with van der Waals surface area (Å²) in [7, 11) is -3.56. The van der Waals surface area contributed by atoms with Crippen LogP contribution in [0.15, 0.2) is 66.7 Å². The number of ether oxygens (including phenoxy) is 2. The molecular formula is C28H32N2O5S. The Hall–Kier alpha value is -3.52. The highest BCUT2D eigenvalue weighted by atomic mass is 32.2. The molecule has 1 atom stereocenters. The molecule has 7 nitrogen and oxygen atoms in total. The fraction of sp³-hybridized carbons (Fsp3) is 0.321. The molecule has 0 radical (unpaired) electrons. The van der Waals surface area contributed by atoms with Gasteiger partial charge in [-0.15, -0.1) is 0 Å². The molecule has 0 unspecified atom stereocenters. The SMILES string of the molecule is Cc1ccc([C@H](NC(=O)CCCN(c2ccc3c(c2)OCCO3)S(C)(=O)=O)c2ccccc2)c(C)c1. The molecule has 4 rings (SSSR count). The predicted octanol–water partition coefficient (Wildman–Crippen LogP) is 4.53. The van der Waals surface area contributed by atoms with Crippen LogP contribution in [0, 0.1) is 13.8 Å². The van der Waals surface area contributed by atoms with Gasteiger partial charge in [0.1, 0.15) is 13.2 Å². The highest BCUT2D eigenvalue weighted by molar-refractivity contribution is 7.92. The van der Waals surface area contributed by atoms with E-state index in [2.05, 4.69) is 17.4 Å². The zero-order valence-corrected chi connectivity index (χ0v) is 21.7. The Kier molecular flexibility index (Phi) is 7.84. The molecule has 0 saturated carbocycles. The molecule has 3 aromatic rings. The van der Waals surface area contributed by atoms with E-state index in [0.29, 0.717) is 36.8 Å². The number of aryl methyl sites for hydroxylation is 2. The molecule has 0 aromatic heterocycles. The van der Waals surface area contributed by atoms with Crippen molar-refractivity contribution in [2.24, 2.45) is 0 Å². The molecule has 0 aliphatic carbocycles. The number of nitrogens with zero attached hydrogens (tertiary/aromatic N) is 1. The monoisotopic (exact) mass is 508 g/mol. The summed E-state index contributed by atoms with van der Waals surface area (Å²) < 4.78 is 37.5. The smallest absolute Gasteiger partial charge is 0.232 e. The van der Waals surface area contributed by atoms with Crippen LogP contribution in [0.5, 0.6) is 11.5 Å². The molecule has 1 N–H and O–H groups in total. The van der Waals surface area contributed by atoms with Crippen molar-refractivity contribution in [2.75, 3.05) is 30.3 Å². The van der Waals surface area contributed by atoms with Crippen molar-refractivity contribution in [3.8, 4) is 11.5 Å². The summed E-state index contributed by atoms with van der Waals surface area (Å²) in [6.07, 6.45) is 1.71. The van der Waals surface area contributed by atoms with Crippen LogP contribution in [0.25, 0.3) is 0 Å². The van der Waals surface area contributed by atoms with Crippen molar-refractivity contribution in [3.63, 3.8) is 0 Å². The number of hydrogen-bond acceptors (Lipinski definition) is 5. The first-order valence-corrected chi connectivity index (χ1v) is 13.9. The largest absolute Gasteiger partial charge is 0.486 e. The van der Waals surface area contributed by atoms with E-state index in [9.17, 15) is 13.2 Å². The van der Waals surface area contributed by atoms with Crippen molar-refractivity contribution in [3.05, 3.63) is 89.0 Å². The molecule has 3 aromatic carbocycles. The van der Waals surface area contributed by atoms with Gasteiger partial charge in [0.25, 0.3) is 0 Å². The van der Waals surface area contributed by atoms with Crippen LogP contribution in [0.1, 0.15) is 41.1 Å². The van der Waals surface area contributed by atoms with Gasteiger partial charge in [-0.05, 0) is 49.1 Å². The second-order valence-corrected chi connectivity index (χ2v) is 10.9. The van der Waals surface area contributed by atoms with Gasteiger partial charge in [-0.1, -0.05) is 54.1 Å². The maximum Gasteiger partial charge on any atom is 0.232 e. The maximum atomic E-state index is 13.0. The lowest BCUT2D eigenvalue weighted by Crippen LogP contribution is -2.33. The second kappa shape index (κ2) is 11.0. The first-order valence-electron chi connectivity index (χ1n) is 12.0. The molecule has 1 aliphatic heterocycles. The molecule has 1 amide bonds. The molecule has 8 heteroatoms. The van der Waals surface area contributed by atoms with Gasteiger partial charge < -0.3 is 14.8 Å². The third-order valence-corrected chi connectivity index (χ3v) is 7.35. The van der Waals surface area contributed by atoms with Crippen LogP contribution in [-0.4, -0.2) is 40.3 Å². The van der Waals surface area contributed by atoms with Crippen LogP contribution in [-0.2, 0) is 14.8 Å². The van der Waals surface area contributed by atoms with Crippen molar-refractivity contribution < 1.29 is 22.7 Å². The van der Waals surface area contributed by atoms with Gasteiger partial charge in [0, 0.05) is 19.0 Å². The van der Waals surface area contributed by atoms with Crippen molar-refractivity contribution >= 4 is 21.6 Å². The van der Waals surface area contributed by atoms with Gasteiger partial charge in [0.05, 0.1) is 18.0 Å². The van der Waals surface area contributed by atoms with E-state index in [1.54, 1.807) is 18.2 Å². The minimum absolute atomic E-state index is 0.139. The number of amides is 1. The van der Waals surface area contributed by atoms with E-state index >= 15 is 0 Å². The number of nitrogens with one attached hydrogen (secondary N) is 1. The molecule has 0 saturated heterocycles. The summed E-state index contributed by atoms with van der Waals surface area (Å²) in [5, 5.41) is 3.16. The van der Waals surface area contributed by atoms with Crippen LogP contribution in [0.2, 0.25) is 0 Å². The lowest BCUT2D eigenvalue weighted by Gasteiger charge is -2.25. The molecule has 0 spiro atoms. The van der Waals surface area contributed by atoms with Crippen LogP contribution >= 0.6 is 0 Å². The number of hydrogen-bond donors (Lipinski definition) is 1. The summed E-state index contributed by atoms with van der Waals surface area (Å²) in [5.41, 5.74) is 4.78. The predicted molar refractivity (Wildman–Crippen MR) is 141 cm³/mol. The van der Waals surface area contributed by atoms with Crippen molar-refractivity contribution in [1.82, 2.24) is 5.32 Å². The van der Waals surface area contributed by atoms with E-state index in [4.69, 9.17) is 9.47 Å². The Morgan fingerprint density at radius 2 is 1.69 bits per heavy atom. The lowest BCUT2D eigenvalue weighted by molar-refractivity contribution is -0.121. The van der Waals surface area contributed by atoms with Gasteiger partial charge >= 0.3 is 0 Å². The zero-order chi connectivity index (χ0) is 25.7. The first-order chi connectivity index (χ1) is 17.2. The van der Waals surface area contributed by atoms with Crippen molar-refractivity contribution in [1.29, 1.82) is 0 Å². The third-order valence-electron chi connectivity index (χ3n) is 6.15. The van der Waals surface area contributed by atoms with Gasteiger partial charge in [-0.25, -0.2) is 8.42 Å². The van der Waals surface area contributed by atoms with E-state index in [1.807, 2.05) is 50.2 Å². The zero-order valence-electron chi connectivity index (χ0n) is 20.9. The molecule has 36 heavy (non-hydrogen) atoms. The minimum atomic E-state index is -3.56. The average Bonchev–Trinajstić information content (AvgIpc) is 2.85. The Labute approximate surface area is 213 Å². The van der Waals surface area contributed by atoms with Crippen LogP contribution in [0.3, 0.4) is 0 Å². The van der Waals surface area contributed by atoms with E-state index in [-0.39, 0.29) is 24.9 Å². The third kappa shape index (κ3) is 6.18. The molecule has 0 fully saturated rings. The van der Waals surface area contributed by atoms with E-state index < -0.39 is 10.0 Å². The first kappa shape index (κ1) is 25.6. The molecule has 1 heterocycles. The summed E-state index contributed by atoms with van der Waals surface area (Å²) in [6, 6.07) is 20.8. The summed E-state index contributed by atoms with van der Waals surface area (Å²) in [6.45, 7) is 5.14. The fourth-order valence-corrected chi connectivity index (χ4v) is 5.38. The highest BCUT2D eigenvalue weighted by Gasteiger charge is 2.22.